The van der Waals surface area contributed by atoms with E-state index in [1.165, 1.54) is 19.2 Å². The van der Waals surface area contributed by atoms with Gasteiger partial charge in [0.15, 0.2) is 0 Å². The summed E-state index contributed by atoms with van der Waals surface area (Å²) in [6.07, 6.45) is 1.16. The van der Waals surface area contributed by atoms with Crippen LogP contribution in [0.1, 0.15) is 12.0 Å². The van der Waals surface area contributed by atoms with E-state index in [4.69, 9.17) is 4.74 Å². The number of likely N-dealkylation sites (N-methyl/N-ethyl adjacent to an activating group) is 1. The molecule has 1 aliphatic rings. The zero-order valence-electron chi connectivity index (χ0n) is 13.3. The Hall–Kier alpha value is -2.15. The van der Waals surface area contributed by atoms with E-state index in [-0.39, 0.29) is 29.9 Å². The van der Waals surface area contributed by atoms with Crippen molar-refractivity contribution in [3.8, 4) is 0 Å². The minimum absolute atomic E-state index is 0.0880. The third-order valence-corrected chi connectivity index (χ3v) is 3.97. The smallest absolute Gasteiger partial charge is 0.323 e. The van der Waals surface area contributed by atoms with Gasteiger partial charge in [0.1, 0.15) is 11.9 Å². The average Bonchev–Trinajstić information content (AvgIpc) is 2.89. The molecular formula is C16H22FN3O3. The standard InChI is InChI=1S/C16H22FN3O3/c1-20-10-13(9-14(20)15(21)23-2)19-16(22)18-8-7-11-3-5-12(17)6-4-11/h3-6,13-14H,7-10H2,1-2H3,(H2,18,19,22)/t13-,14+/m1/s1. The van der Waals surface area contributed by atoms with Gasteiger partial charge in [0.25, 0.3) is 0 Å². The van der Waals surface area contributed by atoms with Gasteiger partial charge in [-0.2, -0.15) is 0 Å². The molecule has 1 aromatic carbocycles. The molecule has 2 N–H and O–H groups in total. The topological polar surface area (TPSA) is 70.7 Å². The number of esters is 1. The maximum Gasteiger partial charge on any atom is 0.323 e. The number of amides is 2. The molecule has 0 unspecified atom stereocenters. The Bertz CT molecular complexity index is 550. The largest absolute Gasteiger partial charge is 0.468 e. The number of likely N-dealkylation sites (tertiary alicyclic amines) is 1. The zero-order valence-corrected chi connectivity index (χ0v) is 13.3. The normalized spacial score (nSPS) is 21.0. The molecule has 0 spiro atoms. The quantitative estimate of drug-likeness (QED) is 0.791. The minimum Gasteiger partial charge on any atom is -0.468 e. The fraction of sp³-hybridized carbons (Fsp3) is 0.500. The monoisotopic (exact) mass is 323 g/mol. The summed E-state index contributed by atoms with van der Waals surface area (Å²) in [5, 5.41) is 5.62. The van der Waals surface area contributed by atoms with Crippen LogP contribution in [0.25, 0.3) is 0 Å². The molecule has 0 aliphatic carbocycles. The predicted octanol–water partition coefficient (Wildman–Crippen LogP) is 0.913. The maximum atomic E-state index is 12.8. The van der Waals surface area contributed by atoms with Gasteiger partial charge in [-0.25, -0.2) is 9.18 Å². The van der Waals surface area contributed by atoms with Crippen LogP contribution in [0.3, 0.4) is 0 Å². The van der Waals surface area contributed by atoms with Crippen LogP contribution < -0.4 is 10.6 Å². The fourth-order valence-corrected chi connectivity index (χ4v) is 2.72. The number of nitrogens with one attached hydrogen (secondary N) is 2. The van der Waals surface area contributed by atoms with Gasteiger partial charge in [0.05, 0.1) is 7.11 Å². The molecule has 0 bridgehead atoms. The van der Waals surface area contributed by atoms with Crippen LogP contribution >= 0.6 is 0 Å². The summed E-state index contributed by atoms with van der Waals surface area (Å²) in [5.41, 5.74) is 0.957. The van der Waals surface area contributed by atoms with Crippen molar-refractivity contribution in [2.24, 2.45) is 0 Å². The molecule has 1 saturated heterocycles. The molecule has 6 nitrogen and oxygen atoms in total. The number of urea groups is 1. The summed E-state index contributed by atoms with van der Waals surface area (Å²) in [6, 6.07) is 5.52. The van der Waals surface area contributed by atoms with Gasteiger partial charge in [-0.1, -0.05) is 12.1 Å². The van der Waals surface area contributed by atoms with Crippen molar-refractivity contribution in [3.63, 3.8) is 0 Å². The molecule has 2 atom stereocenters. The lowest BCUT2D eigenvalue weighted by molar-refractivity contribution is -0.145. The van der Waals surface area contributed by atoms with E-state index in [9.17, 15) is 14.0 Å². The number of hydrogen-bond donors (Lipinski definition) is 2. The van der Waals surface area contributed by atoms with E-state index in [0.717, 1.165) is 5.56 Å². The lowest BCUT2D eigenvalue weighted by atomic mass is 10.1. The Kier molecular flexibility index (Phi) is 5.92. The zero-order chi connectivity index (χ0) is 16.8. The number of rotatable bonds is 5. The van der Waals surface area contributed by atoms with Crippen molar-refractivity contribution in [2.45, 2.75) is 24.9 Å². The Morgan fingerprint density at radius 1 is 1.35 bits per heavy atom. The summed E-state index contributed by atoms with van der Waals surface area (Å²) in [7, 11) is 3.19. The lowest BCUT2D eigenvalue weighted by Gasteiger charge is -2.15. The number of hydrogen-bond acceptors (Lipinski definition) is 4. The second kappa shape index (κ2) is 7.92. The molecule has 1 aliphatic heterocycles. The van der Waals surface area contributed by atoms with Crippen molar-refractivity contribution in [2.75, 3.05) is 27.2 Å². The first-order chi connectivity index (χ1) is 11.0. The van der Waals surface area contributed by atoms with E-state index >= 15 is 0 Å². The summed E-state index contributed by atoms with van der Waals surface area (Å²) in [6.45, 7) is 1.06. The summed E-state index contributed by atoms with van der Waals surface area (Å²) in [5.74, 6) is -0.557. The molecule has 23 heavy (non-hydrogen) atoms. The van der Waals surface area contributed by atoms with Crippen LogP contribution in [0, 0.1) is 5.82 Å². The number of carbonyl (C=O) groups excluding carboxylic acids is 2. The van der Waals surface area contributed by atoms with Crippen molar-refractivity contribution >= 4 is 12.0 Å². The molecule has 0 saturated carbocycles. The molecule has 2 rings (SSSR count). The average molecular weight is 323 g/mol. The van der Waals surface area contributed by atoms with Crippen LogP contribution in [0.4, 0.5) is 9.18 Å². The number of benzene rings is 1. The molecule has 126 valence electrons. The number of halogens is 1. The predicted molar refractivity (Wildman–Crippen MR) is 83.5 cm³/mol. The van der Waals surface area contributed by atoms with E-state index in [1.54, 1.807) is 12.1 Å². The molecule has 7 heteroatoms. The third-order valence-electron chi connectivity index (χ3n) is 3.97. The Morgan fingerprint density at radius 3 is 2.70 bits per heavy atom. The van der Waals surface area contributed by atoms with E-state index in [1.807, 2.05) is 11.9 Å². The SMILES string of the molecule is COC(=O)[C@@H]1C[C@@H](NC(=O)NCCc2ccc(F)cc2)CN1C. The molecule has 0 radical (unpaired) electrons. The molecule has 2 amide bonds. The second-order valence-electron chi connectivity index (χ2n) is 5.69. The molecular weight excluding hydrogens is 301 g/mol. The summed E-state index contributed by atoms with van der Waals surface area (Å²) in [4.78, 5) is 25.3. The lowest BCUT2D eigenvalue weighted by Crippen LogP contribution is -2.43. The van der Waals surface area contributed by atoms with Crippen LogP contribution in [0.2, 0.25) is 0 Å². The number of nitrogens with zero attached hydrogens (tertiary/aromatic N) is 1. The fourth-order valence-electron chi connectivity index (χ4n) is 2.72. The van der Waals surface area contributed by atoms with Crippen molar-refractivity contribution in [3.05, 3.63) is 35.6 Å². The van der Waals surface area contributed by atoms with Gasteiger partial charge >= 0.3 is 12.0 Å². The number of methoxy groups -OCH3 is 1. The van der Waals surface area contributed by atoms with Crippen LogP contribution in [0.15, 0.2) is 24.3 Å². The van der Waals surface area contributed by atoms with Crippen molar-refractivity contribution in [1.29, 1.82) is 0 Å². The Morgan fingerprint density at radius 2 is 2.04 bits per heavy atom. The highest BCUT2D eigenvalue weighted by atomic mass is 19.1. The first kappa shape index (κ1) is 17.2. The van der Waals surface area contributed by atoms with Crippen molar-refractivity contribution in [1.82, 2.24) is 15.5 Å². The first-order valence-corrected chi connectivity index (χ1v) is 7.56. The van der Waals surface area contributed by atoms with Gasteiger partial charge in [0, 0.05) is 19.1 Å². The highest BCUT2D eigenvalue weighted by molar-refractivity contribution is 5.77. The maximum absolute atomic E-state index is 12.8. The van der Waals surface area contributed by atoms with Gasteiger partial charge < -0.3 is 15.4 Å². The van der Waals surface area contributed by atoms with Crippen LogP contribution in [-0.4, -0.2) is 56.2 Å². The summed E-state index contributed by atoms with van der Waals surface area (Å²) < 4.78 is 17.5. The molecule has 1 heterocycles. The van der Waals surface area contributed by atoms with E-state index in [2.05, 4.69) is 10.6 Å². The Labute approximate surface area is 135 Å². The van der Waals surface area contributed by atoms with Crippen molar-refractivity contribution < 1.29 is 18.7 Å². The first-order valence-electron chi connectivity index (χ1n) is 7.56. The van der Waals surface area contributed by atoms with Gasteiger partial charge in [0.2, 0.25) is 0 Å². The van der Waals surface area contributed by atoms with Crippen LogP contribution in [-0.2, 0) is 16.0 Å². The highest BCUT2D eigenvalue weighted by Crippen LogP contribution is 2.16. The Balaban J connectivity index is 1.71. The summed E-state index contributed by atoms with van der Waals surface area (Å²) >= 11 is 0. The van der Waals surface area contributed by atoms with E-state index < -0.39 is 0 Å². The molecule has 0 aromatic heterocycles. The van der Waals surface area contributed by atoms with Crippen LogP contribution in [0.5, 0.6) is 0 Å². The number of ether oxygens (including phenoxy) is 1. The van der Waals surface area contributed by atoms with Gasteiger partial charge in [-0.15, -0.1) is 0 Å². The molecule has 1 fully saturated rings. The van der Waals surface area contributed by atoms with E-state index in [0.29, 0.717) is 25.9 Å². The van der Waals surface area contributed by atoms with Gasteiger partial charge in [-0.05, 0) is 37.6 Å². The number of carbonyl (C=O) groups is 2. The third kappa shape index (κ3) is 4.92. The van der Waals surface area contributed by atoms with Gasteiger partial charge in [-0.3, -0.25) is 9.69 Å². The highest BCUT2D eigenvalue weighted by Gasteiger charge is 2.35. The molecule has 1 aromatic rings. The minimum atomic E-state index is -0.315. The second-order valence-corrected chi connectivity index (χ2v) is 5.69.